The molecule has 0 spiro atoms. The molecule has 0 aliphatic heterocycles. The highest BCUT2D eigenvalue weighted by Crippen LogP contribution is 2.11. The van der Waals surface area contributed by atoms with Gasteiger partial charge in [-0.2, -0.15) is 0 Å². The maximum Gasteiger partial charge on any atom is 0.407 e. The first-order valence-corrected chi connectivity index (χ1v) is 11.0. The lowest BCUT2D eigenvalue weighted by Crippen LogP contribution is -2.34. The number of rotatable bonds is 14. The third-order valence-electron chi connectivity index (χ3n) is 2.34. The highest BCUT2D eigenvalue weighted by atomic mass is 127. The summed E-state index contributed by atoms with van der Waals surface area (Å²) in [5.41, 5.74) is -0.478. The molecule has 0 radical (unpaired) electrons. The minimum Gasteiger partial charge on any atom is -0.444 e. The Morgan fingerprint density at radius 2 is 1.65 bits per heavy atom. The number of ether oxygens (including phenoxy) is 3. The van der Waals surface area contributed by atoms with Crippen LogP contribution in [-0.4, -0.2) is 64.4 Å². The Kier molecular flexibility index (Phi) is 15.8. The zero-order chi connectivity index (χ0) is 17.4. The molecular weight excluding hydrogens is 435 g/mol. The Morgan fingerprint density at radius 3 is 2.26 bits per heavy atom. The average molecular weight is 464 g/mol. The molecule has 0 heterocycles. The van der Waals surface area contributed by atoms with E-state index >= 15 is 0 Å². The Morgan fingerprint density at radius 1 is 1.00 bits per heavy atom. The fourth-order valence-corrected chi connectivity index (χ4v) is 2.14. The van der Waals surface area contributed by atoms with E-state index in [1.165, 1.54) is 9.21 Å². The van der Waals surface area contributed by atoms with Crippen molar-refractivity contribution < 1.29 is 23.2 Å². The maximum atomic E-state index is 11.3. The fraction of sp³-hybridized carbons (Fsp3) is 0.929. The minimum atomic E-state index is -0.478. The lowest BCUT2D eigenvalue weighted by atomic mass is 10.2. The van der Waals surface area contributed by atoms with Crippen LogP contribution in [0.2, 0.25) is 0 Å². The van der Waals surface area contributed by atoms with Gasteiger partial charge in [-0.05, 0) is 33.7 Å². The molecule has 9 heteroatoms. The van der Waals surface area contributed by atoms with Crippen molar-refractivity contribution in [3.63, 3.8) is 0 Å². The fourth-order valence-electron chi connectivity index (χ4n) is 1.42. The molecule has 2 N–H and O–H groups in total. The molecular formula is C14H29IN2O5S. The zero-order valence-corrected chi connectivity index (χ0v) is 17.2. The van der Waals surface area contributed by atoms with Crippen LogP contribution in [0.5, 0.6) is 0 Å². The van der Waals surface area contributed by atoms with Crippen molar-refractivity contribution in [3.8, 4) is 0 Å². The first-order valence-electron chi connectivity index (χ1n) is 7.69. The third kappa shape index (κ3) is 20.1. The number of alkyl carbamates (subject to hydrolysis) is 1. The summed E-state index contributed by atoms with van der Waals surface area (Å²) in [6.45, 7) is 10.6. The van der Waals surface area contributed by atoms with Crippen molar-refractivity contribution in [2.24, 2.45) is 0 Å². The molecule has 0 rings (SSSR count). The van der Waals surface area contributed by atoms with E-state index in [1.54, 1.807) is 0 Å². The average Bonchev–Trinajstić information content (AvgIpc) is 2.46. The van der Waals surface area contributed by atoms with Crippen molar-refractivity contribution in [1.29, 1.82) is 0 Å². The molecule has 0 fully saturated rings. The predicted octanol–water partition coefficient (Wildman–Crippen LogP) is 2.54. The van der Waals surface area contributed by atoms with E-state index in [0.29, 0.717) is 33.0 Å². The van der Waals surface area contributed by atoms with Gasteiger partial charge in [-0.15, -0.1) is 0 Å². The van der Waals surface area contributed by atoms with E-state index in [2.05, 4.69) is 31.8 Å². The summed E-state index contributed by atoms with van der Waals surface area (Å²) >= 11 is 2.11. The molecule has 0 aromatic carbocycles. The summed E-state index contributed by atoms with van der Waals surface area (Å²) in [6.07, 6.45) is 0.565. The van der Waals surface area contributed by atoms with Crippen molar-refractivity contribution in [2.45, 2.75) is 32.8 Å². The van der Waals surface area contributed by atoms with Gasteiger partial charge in [0.05, 0.1) is 42.2 Å². The van der Waals surface area contributed by atoms with Gasteiger partial charge in [-0.1, -0.05) is 0 Å². The molecule has 0 aromatic heterocycles. The van der Waals surface area contributed by atoms with Crippen LogP contribution >= 0.6 is 30.4 Å². The van der Waals surface area contributed by atoms with E-state index < -0.39 is 11.7 Å². The lowest BCUT2D eigenvalue weighted by molar-refractivity contribution is 0.0403. The van der Waals surface area contributed by atoms with Gasteiger partial charge < -0.3 is 29.0 Å². The summed E-state index contributed by atoms with van der Waals surface area (Å²) < 4.78 is 21.0. The van der Waals surface area contributed by atoms with Crippen LogP contribution in [0.25, 0.3) is 0 Å². The van der Waals surface area contributed by atoms with Crippen molar-refractivity contribution >= 4 is 36.5 Å². The van der Waals surface area contributed by atoms with Crippen molar-refractivity contribution in [3.05, 3.63) is 0 Å². The van der Waals surface area contributed by atoms with Gasteiger partial charge in [0, 0.05) is 34.3 Å². The molecule has 0 unspecified atom stereocenters. The van der Waals surface area contributed by atoms with Crippen LogP contribution in [0, 0.1) is 0 Å². The quantitative estimate of drug-likeness (QED) is 0.233. The number of hydrogen-bond acceptors (Lipinski definition) is 7. The van der Waals surface area contributed by atoms with Crippen LogP contribution in [0.3, 0.4) is 0 Å². The summed E-state index contributed by atoms with van der Waals surface area (Å²) in [4.78, 5) is 11.3. The Hall–Kier alpha value is 0.190. The standard InChI is InChI=1S/C14H29IN2O5S/c1-14(2,3)22-13(18)17-7-10-20-12-11-19-9-6-16-5-4-8-21-23-15/h16H,4-12H2,1-3H3,(H,17,18). The monoisotopic (exact) mass is 464 g/mol. The lowest BCUT2D eigenvalue weighted by Gasteiger charge is -2.19. The molecule has 0 saturated carbocycles. The van der Waals surface area contributed by atoms with Crippen LogP contribution in [-0.2, 0) is 18.4 Å². The van der Waals surface area contributed by atoms with Gasteiger partial charge in [0.25, 0.3) is 0 Å². The molecule has 0 saturated heterocycles. The zero-order valence-electron chi connectivity index (χ0n) is 14.2. The highest BCUT2D eigenvalue weighted by Gasteiger charge is 2.15. The van der Waals surface area contributed by atoms with Crippen LogP contribution < -0.4 is 10.6 Å². The van der Waals surface area contributed by atoms with Crippen LogP contribution in [0.15, 0.2) is 0 Å². The van der Waals surface area contributed by atoms with Gasteiger partial charge in [0.15, 0.2) is 0 Å². The first-order chi connectivity index (χ1) is 11.0. The molecule has 0 aromatic rings. The molecule has 1 amide bonds. The molecule has 0 aliphatic rings. The van der Waals surface area contributed by atoms with E-state index in [9.17, 15) is 4.79 Å². The second-order valence-electron chi connectivity index (χ2n) is 5.64. The number of carbonyl (C=O) groups is 1. The molecule has 0 atom stereocenters. The Bertz CT molecular complexity index is 293. The topological polar surface area (TPSA) is 78.1 Å². The first kappa shape index (κ1) is 23.2. The van der Waals surface area contributed by atoms with Crippen molar-refractivity contribution in [2.75, 3.05) is 52.7 Å². The minimum absolute atomic E-state index is 0.425. The molecule has 23 heavy (non-hydrogen) atoms. The number of nitrogens with one attached hydrogen (secondary N) is 2. The summed E-state index contributed by atoms with van der Waals surface area (Å²) in [5, 5.41) is 5.90. The van der Waals surface area contributed by atoms with Gasteiger partial charge >= 0.3 is 6.09 Å². The predicted molar refractivity (Wildman–Crippen MR) is 101 cm³/mol. The smallest absolute Gasteiger partial charge is 0.407 e. The second kappa shape index (κ2) is 15.7. The maximum absolute atomic E-state index is 11.3. The summed E-state index contributed by atoms with van der Waals surface area (Å²) in [5.74, 6) is 0. The normalized spacial score (nSPS) is 11.5. The Balaban J connectivity index is 3.15. The van der Waals surface area contributed by atoms with Gasteiger partial charge in [0.2, 0.25) is 0 Å². The number of halogens is 1. The largest absolute Gasteiger partial charge is 0.444 e. The number of carbonyl (C=O) groups excluding carboxylic acids is 1. The van der Waals surface area contributed by atoms with Crippen LogP contribution in [0.4, 0.5) is 4.79 Å². The SMILES string of the molecule is CC(C)(C)OC(=O)NCCOCCOCCNCCCOSI. The summed E-state index contributed by atoms with van der Waals surface area (Å²) in [7, 11) is 1.36. The van der Waals surface area contributed by atoms with E-state index in [4.69, 9.17) is 18.4 Å². The van der Waals surface area contributed by atoms with Gasteiger partial charge in [-0.3, -0.25) is 0 Å². The van der Waals surface area contributed by atoms with Gasteiger partial charge in [-0.25, -0.2) is 4.79 Å². The summed E-state index contributed by atoms with van der Waals surface area (Å²) in [6, 6.07) is 0. The number of amides is 1. The molecule has 7 nitrogen and oxygen atoms in total. The van der Waals surface area contributed by atoms with Gasteiger partial charge in [0.1, 0.15) is 5.60 Å². The van der Waals surface area contributed by atoms with E-state index in [1.807, 2.05) is 20.8 Å². The van der Waals surface area contributed by atoms with E-state index in [-0.39, 0.29) is 0 Å². The van der Waals surface area contributed by atoms with Crippen LogP contribution in [0.1, 0.15) is 27.2 Å². The van der Waals surface area contributed by atoms with E-state index in [0.717, 1.165) is 26.1 Å². The highest BCUT2D eigenvalue weighted by molar-refractivity contribution is 14.2. The Labute approximate surface area is 155 Å². The molecule has 138 valence electrons. The number of hydrogen-bond donors (Lipinski definition) is 2. The molecule has 0 aliphatic carbocycles. The third-order valence-corrected chi connectivity index (χ3v) is 3.35. The molecule has 0 bridgehead atoms. The van der Waals surface area contributed by atoms with Crippen molar-refractivity contribution in [1.82, 2.24) is 10.6 Å². The second-order valence-corrected chi connectivity index (χ2v) is 7.08.